The van der Waals surface area contributed by atoms with E-state index in [0.717, 1.165) is 10.8 Å². The normalized spacial score (nSPS) is 10.3. The van der Waals surface area contributed by atoms with Crippen LogP contribution in [0.1, 0.15) is 12.8 Å². The molecule has 0 aliphatic rings. The highest BCUT2D eigenvalue weighted by molar-refractivity contribution is 6.02. The molecule has 0 aliphatic carbocycles. The Bertz CT molecular complexity index is 1060. The van der Waals surface area contributed by atoms with Crippen LogP contribution in [0.3, 0.4) is 0 Å². The highest BCUT2D eigenvalue weighted by atomic mass is 16.5. The Morgan fingerprint density at radius 2 is 1.43 bits per heavy atom. The number of para-hydroxylation sites is 2. The lowest BCUT2D eigenvalue weighted by molar-refractivity contribution is -0.147. The van der Waals surface area contributed by atoms with Crippen LogP contribution in [0.2, 0.25) is 0 Å². The van der Waals surface area contributed by atoms with Gasteiger partial charge in [0.15, 0.2) is 6.61 Å². The molecule has 0 bridgehead atoms. The van der Waals surface area contributed by atoms with Crippen LogP contribution in [0.15, 0.2) is 66.7 Å². The molecule has 0 saturated carbocycles. The van der Waals surface area contributed by atoms with Crippen molar-refractivity contribution in [1.82, 2.24) is 0 Å². The molecule has 30 heavy (non-hydrogen) atoms. The molecule has 0 spiro atoms. The van der Waals surface area contributed by atoms with E-state index in [9.17, 15) is 14.4 Å². The van der Waals surface area contributed by atoms with Gasteiger partial charge in [-0.3, -0.25) is 14.4 Å². The predicted octanol–water partition coefficient (Wildman–Crippen LogP) is 3.75. The maximum absolute atomic E-state index is 12.2. The maximum Gasteiger partial charge on any atom is 0.306 e. The molecule has 3 rings (SSSR count). The number of nitrogens with one attached hydrogen (secondary N) is 2. The van der Waals surface area contributed by atoms with Gasteiger partial charge in [-0.15, -0.1) is 0 Å². The van der Waals surface area contributed by atoms with Gasteiger partial charge in [0.1, 0.15) is 5.75 Å². The van der Waals surface area contributed by atoms with Crippen molar-refractivity contribution in [1.29, 1.82) is 0 Å². The van der Waals surface area contributed by atoms with Gasteiger partial charge in [-0.25, -0.2) is 0 Å². The minimum atomic E-state index is -0.627. The van der Waals surface area contributed by atoms with Crippen molar-refractivity contribution in [2.24, 2.45) is 0 Å². The lowest BCUT2D eigenvalue weighted by Gasteiger charge is -2.10. The highest BCUT2D eigenvalue weighted by Crippen LogP contribution is 2.24. The zero-order chi connectivity index (χ0) is 21.3. The van der Waals surface area contributed by atoms with Crippen molar-refractivity contribution in [3.63, 3.8) is 0 Å². The van der Waals surface area contributed by atoms with Crippen LogP contribution >= 0.6 is 0 Å². The molecule has 7 nitrogen and oxygen atoms in total. The average Bonchev–Trinajstić information content (AvgIpc) is 2.77. The molecule has 2 N–H and O–H groups in total. The van der Waals surface area contributed by atoms with Gasteiger partial charge in [0, 0.05) is 17.5 Å². The minimum absolute atomic E-state index is 0.0455. The molecule has 0 saturated heterocycles. The number of rotatable bonds is 8. The second kappa shape index (κ2) is 10.1. The number of benzene rings is 3. The fourth-order valence-electron chi connectivity index (χ4n) is 2.92. The van der Waals surface area contributed by atoms with Crippen molar-refractivity contribution in [2.45, 2.75) is 12.8 Å². The Morgan fingerprint density at radius 1 is 0.767 bits per heavy atom. The van der Waals surface area contributed by atoms with Crippen molar-refractivity contribution in [3.8, 4) is 5.75 Å². The molecule has 0 heterocycles. The zero-order valence-electron chi connectivity index (χ0n) is 16.5. The summed E-state index contributed by atoms with van der Waals surface area (Å²) in [5.41, 5.74) is 1.16. The van der Waals surface area contributed by atoms with Crippen molar-refractivity contribution >= 4 is 39.9 Å². The summed E-state index contributed by atoms with van der Waals surface area (Å²) in [5.74, 6) is -0.921. The van der Waals surface area contributed by atoms with Gasteiger partial charge in [0.05, 0.1) is 19.2 Å². The number of hydrogen-bond acceptors (Lipinski definition) is 5. The van der Waals surface area contributed by atoms with E-state index in [0.29, 0.717) is 17.1 Å². The first-order valence-corrected chi connectivity index (χ1v) is 9.43. The standard InChI is InChI=1S/C23H22N2O5/c1-29-20-12-5-4-10-19(20)25-22(27)15-30-23(28)14-13-21(26)24-18-11-6-8-16-7-2-3-9-17(16)18/h2-12H,13-15H2,1H3,(H,24,26)(H,25,27). The third-order valence-corrected chi connectivity index (χ3v) is 4.37. The average molecular weight is 406 g/mol. The molecule has 3 aromatic carbocycles. The molecule has 154 valence electrons. The Morgan fingerprint density at radius 3 is 2.27 bits per heavy atom. The fraction of sp³-hybridized carbons (Fsp3) is 0.174. The fourth-order valence-corrected chi connectivity index (χ4v) is 2.92. The van der Waals surface area contributed by atoms with Gasteiger partial charge in [-0.2, -0.15) is 0 Å². The maximum atomic E-state index is 12.2. The SMILES string of the molecule is COc1ccccc1NC(=O)COC(=O)CCC(=O)Nc1cccc2ccccc12. The molecule has 0 aliphatic heterocycles. The third-order valence-electron chi connectivity index (χ3n) is 4.37. The van der Waals surface area contributed by atoms with Crippen molar-refractivity contribution in [2.75, 3.05) is 24.4 Å². The quantitative estimate of drug-likeness (QED) is 0.556. The Balaban J connectivity index is 1.44. The van der Waals surface area contributed by atoms with E-state index in [4.69, 9.17) is 9.47 Å². The van der Waals surface area contributed by atoms with E-state index in [1.54, 1.807) is 30.3 Å². The summed E-state index contributed by atoms with van der Waals surface area (Å²) in [6, 6.07) is 20.2. The number of carbonyl (C=O) groups is 3. The van der Waals surface area contributed by atoms with Crippen LogP contribution in [-0.4, -0.2) is 31.5 Å². The van der Waals surface area contributed by atoms with Gasteiger partial charge >= 0.3 is 5.97 Å². The van der Waals surface area contributed by atoms with Crippen LogP contribution < -0.4 is 15.4 Å². The Labute approximate surface area is 174 Å². The lowest BCUT2D eigenvalue weighted by atomic mass is 10.1. The first-order valence-electron chi connectivity index (χ1n) is 9.43. The van der Waals surface area contributed by atoms with Gasteiger partial charge in [-0.1, -0.05) is 48.5 Å². The first-order chi connectivity index (χ1) is 14.6. The number of amides is 2. The number of esters is 1. The van der Waals surface area contributed by atoms with Gasteiger partial charge in [-0.05, 0) is 23.6 Å². The summed E-state index contributed by atoms with van der Waals surface area (Å²) < 4.78 is 10.1. The van der Waals surface area contributed by atoms with Crippen molar-refractivity contribution < 1.29 is 23.9 Å². The second-order valence-corrected chi connectivity index (χ2v) is 6.48. The topological polar surface area (TPSA) is 93.7 Å². The van der Waals surface area contributed by atoms with E-state index in [1.165, 1.54) is 7.11 Å². The Kier molecular flexibility index (Phi) is 7.00. The van der Waals surface area contributed by atoms with Crippen LogP contribution in [0, 0.1) is 0 Å². The van der Waals surface area contributed by atoms with Crippen LogP contribution in [0.25, 0.3) is 10.8 Å². The summed E-state index contributed by atoms with van der Waals surface area (Å²) in [6.45, 7) is -0.443. The highest BCUT2D eigenvalue weighted by Gasteiger charge is 2.13. The van der Waals surface area contributed by atoms with Gasteiger partial charge in [0.2, 0.25) is 5.91 Å². The van der Waals surface area contributed by atoms with Crippen LogP contribution in [0.5, 0.6) is 5.75 Å². The number of methoxy groups -OCH3 is 1. The first kappa shape index (κ1) is 20.9. The van der Waals surface area contributed by atoms with E-state index < -0.39 is 18.5 Å². The number of hydrogen-bond donors (Lipinski definition) is 2. The summed E-state index contributed by atoms with van der Waals surface area (Å²) in [4.78, 5) is 36.0. The molecular formula is C23H22N2O5. The largest absolute Gasteiger partial charge is 0.495 e. The van der Waals surface area contributed by atoms with Gasteiger partial charge in [0.25, 0.3) is 5.91 Å². The molecular weight excluding hydrogens is 384 g/mol. The number of ether oxygens (including phenoxy) is 2. The van der Waals surface area contributed by atoms with Crippen molar-refractivity contribution in [3.05, 3.63) is 66.7 Å². The summed E-state index contributed by atoms with van der Waals surface area (Å²) in [5, 5.41) is 7.35. The smallest absolute Gasteiger partial charge is 0.306 e. The monoisotopic (exact) mass is 406 g/mol. The minimum Gasteiger partial charge on any atom is -0.495 e. The molecule has 2 amide bonds. The summed E-state index contributed by atoms with van der Waals surface area (Å²) >= 11 is 0. The number of carbonyl (C=O) groups excluding carboxylic acids is 3. The summed E-state index contributed by atoms with van der Waals surface area (Å²) in [7, 11) is 1.49. The zero-order valence-corrected chi connectivity index (χ0v) is 16.5. The third kappa shape index (κ3) is 5.57. The molecule has 0 unspecified atom stereocenters. The predicted molar refractivity (Wildman–Crippen MR) is 114 cm³/mol. The second-order valence-electron chi connectivity index (χ2n) is 6.48. The van der Waals surface area contributed by atoms with E-state index in [2.05, 4.69) is 10.6 Å². The molecule has 0 atom stereocenters. The van der Waals surface area contributed by atoms with E-state index >= 15 is 0 Å². The Hall–Kier alpha value is -3.87. The molecule has 3 aromatic rings. The number of fused-ring (bicyclic) bond motifs is 1. The number of anilines is 2. The molecule has 0 aromatic heterocycles. The van der Waals surface area contributed by atoms with Crippen LogP contribution in [0.4, 0.5) is 11.4 Å². The molecule has 7 heteroatoms. The molecule has 0 fully saturated rings. The van der Waals surface area contributed by atoms with E-state index in [1.807, 2.05) is 36.4 Å². The lowest BCUT2D eigenvalue weighted by Crippen LogP contribution is -2.22. The van der Waals surface area contributed by atoms with Gasteiger partial charge < -0.3 is 20.1 Å². The summed E-state index contributed by atoms with van der Waals surface area (Å²) in [6.07, 6.45) is -0.172. The van der Waals surface area contributed by atoms with E-state index in [-0.39, 0.29) is 18.7 Å². The van der Waals surface area contributed by atoms with Crippen LogP contribution in [-0.2, 0) is 19.1 Å². The molecule has 0 radical (unpaired) electrons.